The van der Waals surface area contributed by atoms with Crippen LogP contribution >= 0.6 is 0 Å². The zero-order valence-corrected chi connectivity index (χ0v) is 10.2. The van der Waals surface area contributed by atoms with Crippen LogP contribution in [0.3, 0.4) is 0 Å². The maximum absolute atomic E-state index is 11.2. The van der Waals surface area contributed by atoms with Crippen LogP contribution < -0.4 is 5.32 Å². The van der Waals surface area contributed by atoms with Crippen LogP contribution in [0, 0.1) is 5.92 Å². The molecule has 0 aromatic carbocycles. The van der Waals surface area contributed by atoms with Gasteiger partial charge in [0.05, 0.1) is 0 Å². The number of anilines is 1. The van der Waals surface area contributed by atoms with Gasteiger partial charge in [-0.3, -0.25) is 4.40 Å². The minimum absolute atomic E-state index is 0.274. The summed E-state index contributed by atoms with van der Waals surface area (Å²) in [6.07, 6.45) is 5.35. The molecule has 0 fully saturated rings. The van der Waals surface area contributed by atoms with E-state index in [1.165, 1.54) is 0 Å². The zero-order chi connectivity index (χ0) is 13.1. The van der Waals surface area contributed by atoms with Gasteiger partial charge in [0.15, 0.2) is 5.82 Å². The van der Waals surface area contributed by atoms with E-state index in [2.05, 4.69) is 20.5 Å². The van der Waals surface area contributed by atoms with Crippen molar-refractivity contribution >= 4 is 17.4 Å². The van der Waals surface area contributed by atoms with Gasteiger partial charge < -0.3 is 10.4 Å². The van der Waals surface area contributed by atoms with Crippen molar-refractivity contribution in [3.8, 4) is 0 Å². The molecule has 7 nitrogen and oxygen atoms in total. The Balaban J connectivity index is 2.25. The molecule has 2 heterocycles. The molecule has 0 radical (unpaired) electrons. The number of rotatable bonds is 5. The number of hydrogen-bond acceptors (Lipinski definition) is 5. The molecule has 2 aromatic rings. The number of carbonyl (C=O) groups is 1. The van der Waals surface area contributed by atoms with E-state index in [1.807, 2.05) is 13.8 Å². The van der Waals surface area contributed by atoms with Crippen LogP contribution in [0.4, 0.5) is 5.82 Å². The second-order valence-corrected chi connectivity index (χ2v) is 4.50. The molecule has 18 heavy (non-hydrogen) atoms. The van der Waals surface area contributed by atoms with E-state index < -0.39 is 12.0 Å². The first-order chi connectivity index (χ1) is 8.58. The highest BCUT2D eigenvalue weighted by Gasteiger charge is 2.20. The smallest absolute Gasteiger partial charge is 0.326 e. The van der Waals surface area contributed by atoms with E-state index in [9.17, 15) is 9.90 Å². The van der Waals surface area contributed by atoms with E-state index >= 15 is 0 Å². The molecule has 0 spiro atoms. The number of aliphatic carboxylic acids is 1. The fourth-order valence-corrected chi connectivity index (χ4v) is 1.72. The number of nitrogens with one attached hydrogen (secondary N) is 1. The Kier molecular flexibility index (Phi) is 3.40. The van der Waals surface area contributed by atoms with Crippen LogP contribution in [0.1, 0.15) is 20.3 Å². The SMILES string of the molecule is CC(C)C[C@H](Nc1nccn2cnnc12)C(=O)O. The van der Waals surface area contributed by atoms with Crippen molar-refractivity contribution in [2.24, 2.45) is 5.92 Å². The van der Waals surface area contributed by atoms with Crippen molar-refractivity contribution in [2.45, 2.75) is 26.3 Å². The van der Waals surface area contributed by atoms with E-state index in [0.717, 1.165) is 0 Å². The summed E-state index contributed by atoms with van der Waals surface area (Å²) in [7, 11) is 0. The summed E-state index contributed by atoms with van der Waals surface area (Å²) in [6, 6.07) is -0.680. The van der Waals surface area contributed by atoms with Gasteiger partial charge in [0, 0.05) is 12.4 Å². The third-order valence-electron chi connectivity index (χ3n) is 2.53. The Bertz CT molecular complexity index is 551. The molecule has 0 saturated carbocycles. The van der Waals surface area contributed by atoms with E-state index in [4.69, 9.17) is 0 Å². The van der Waals surface area contributed by atoms with Gasteiger partial charge in [-0.25, -0.2) is 9.78 Å². The average Bonchev–Trinajstić information content (AvgIpc) is 2.76. The number of nitrogens with zero attached hydrogens (tertiary/aromatic N) is 4. The fraction of sp³-hybridized carbons (Fsp3) is 0.455. The van der Waals surface area contributed by atoms with Crippen LogP contribution in [-0.4, -0.2) is 36.7 Å². The minimum Gasteiger partial charge on any atom is -0.480 e. The molecule has 0 unspecified atom stereocenters. The van der Waals surface area contributed by atoms with Crippen LogP contribution in [0.15, 0.2) is 18.7 Å². The highest BCUT2D eigenvalue weighted by atomic mass is 16.4. The summed E-state index contributed by atoms with van der Waals surface area (Å²) < 4.78 is 1.68. The quantitative estimate of drug-likeness (QED) is 0.822. The number of aromatic nitrogens is 4. The number of hydrogen-bond donors (Lipinski definition) is 2. The molecule has 2 aromatic heterocycles. The largest absolute Gasteiger partial charge is 0.480 e. The van der Waals surface area contributed by atoms with Crippen molar-refractivity contribution in [3.05, 3.63) is 18.7 Å². The highest BCUT2D eigenvalue weighted by molar-refractivity contribution is 5.78. The molecular formula is C11H15N5O2. The summed E-state index contributed by atoms with van der Waals surface area (Å²) in [5.74, 6) is -0.189. The van der Waals surface area contributed by atoms with E-state index in [0.29, 0.717) is 17.9 Å². The second-order valence-electron chi connectivity index (χ2n) is 4.50. The Morgan fingerprint density at radius 2 is 2.33 bits per heavy atom. The van der Waals surface area contributed by atoms with Crippen LogP contribution in [0.2, 0.25) is 0 Å². The number of carboxylic acids is 1. The summed E-state index contributed by atoms with van der Waals surface area (Å²) in [5.41, 5.74) is 0.521. The van der Waals surface area contributed by atoms with Crippen molar-refractivity contribution in [1.82, 2.24) is 19.6 Å². The van der Waals surface area contributed by atoms with Gasteiger partial charge in [0.25, 0.3) is 0 Å². The predicted molar refractivity (Wildman–Crippen MR) is 65.3 cm³/mol. The third kappa shape index (κ3) is 2.55. The van der Waals surface area contributed by atoms with Gasteiger partial charge in [-0.05, 0) is 12.3 Å². The molecule has 0 bridgehead atoms. The van der Waals surface area contributed by atoms with Gasteiger partial charge in [-0.15, -0.1) is 10.2 Å². The first-order valence-corrected chi connectivity index (χ1v) is 5.71. The molecule has 0 saturated heterocycles. The van der Waals surface area contributed by atoms with Crippen LogP contribution in [0.25, 0.3) is 5.65 Å². The zero-order valence-electron chi connectivity index (χ0n) is 10.2. The molecule has 0 aliphatic heterocycles. The Labute approximate surface area is 104 Å². The van der Waals surface area contributed by atoms with Gasteiger partial charge in [-0.2, -0.15) is 0 Å². The molecular weight excluding hydrogens is 234 g/mol. The van der Waals surface area contributed by atoms with Crippen molar-refractivity contribution < 1.29 is 9.90 Å². The molecule has 7 heteroatoms. The Hall–Kier alpha value is -2.18. The molecule has 0 aliphatic rings. The molecule has 0 aliphatic carbocycles. The number of carboxylic acid groups (broad SMARTS) is 1. The lowest BCUT2D eigenvalue weighted by atomic mass is 10.0. The first kappa shape index (κ1) is 12.3. The first-order valence-electron chi connectivity index (χ1n) is 5.71. The maximum Gasteiger partial charge on any atom is 0.326 e. The Morgan fingerprint density at radius 1 is 1.56 bits per heavy atom. The van der Waals surface area contributed by atoms with Crippen LogP contribution in [0.5, 0.6) is 0 Å². The lowest BCUT2D eigenvalue weighted by Gasteiger charge is -2.16. The Morgan fingerprint density at radius 3 is 3.00 bits per heavy atom. The van der Waals surface area contributed by atoms with E-state index in [-0.39, 0.29) is 5.92 Å². The summed E-state index contributed by atoms with van der Waals surface area (Å²) in [6.45, 7) is 3.95. The van der Waals surface area contributed by atoms with Crippen LogP contribution in [-0.2, 0) is 4.79 Å². The van der Waals surface area contributed by atoms with Crippen molar-refractivity contribution in [2.75, 3.05) is 5.32 Å². The minimum atomic E-state index is -0.896. The molecule has 96 valence electrons. The molecule has 0 amide bonds. The lowest BCUT2D eigenvalue weighted by Crippen LogP contribution is -2.31. The predicted octanol–water partition coefficient (Wildman–Crippen LogP) is 1.04. The summed E-state index contributed by atoms with van der Waals surface area (Å²) in [4.78, 5) is 15.3. The normalized spacial score (nSPS) is 12.8. The molecule has 1 atom stereocenters. The topological polar surface area (TPSA) is 92.4 Å². The highest BCUT2D eigenvalue weighted by Crippen LogP contribution is 2.14. The van der Waals surface area contributed by atoms with Gasteiger partial charge in [0.2, 0.25) is 5.65 Å². The average molecular weight is 249 g/mol. The number of fused-ring (bicyclic) bond motifs is 1. The van der Waals surface area contributed by atoms with Gasteiger partial charge in [-0.1, -0.05) is 13.8 Å². The van der Waals surface area contributed by atoms with Gasteiger partial charge in [0.1, 0.15) is 12.4 Å². The van der Waals surface area contributed by atoms with Crippen molar-refractivity contribution in [1.29, 1.82) is 0 Å². The maximum atomic E-state index is 11.2. The second kappa shape index (κ2) is 4.99. The summed E-state index contributed by atoms with van der Waals surface area (Å²) >= 11 is 0. The standard InChI is InChI=1S/C11H15N5O2/c1-7(2)5-8(11(17)18)14-9-10-15-13-6-16(10)4-3-12-9/h3-4,6-8H,5H2,1-2H3,(H,12,14)(H,17,18)/t8-/m0/s1. The molecule has 2 N–H and O–H groups in total. The lowest BCUT2D eigenvalue weighted by molar-refractivity contribution is -0.138. The van der Waals surface area contributed by atoms with E-state index in [1.54, 1.807) is 23.1 Å². The molecule has 2 rings (SSSR count). The van der Waals surface area contributed by atoms with Gasteiger partial charge >= 0.3 is 5.97 Å². The fourth-order valence-electron chi connectivity index (χ4n) is 1.72. The third-order valence-corrected chi connectivity index (χ3v) is 2.53. The monoisotopic (exact) mass is 249 g/mol. The summed E-state index contributed by atoms with van der Waals surface area (Å²) in [5, 5.41) is 19.7. The van der Waals surface area contributed by atoms with Crippen molar-refractivity contribution in [3.63, 3.8) is 0 Å².